The van der Waals surface area contributed by atoms with Gasteiger partial charge in [0.1, 0.15) is 11.4 Å². The lowest BCUT2D eigenvalue weighted by Crippen LogP contribution is -2.40. The van der Waals surface area contributed by atoms with Gasteiger partial charge in [0.25, 0.3) is 0 Å². The van der Waals surface area contributed by atoms with Crippen LogP contribution in [0.1, 0.15) is 13.8 Å². The van der Waals surface area contributed by atoms with Crippen LogP contribution in [0, 0.1) is 0 Å². The Morgan fingerprint density at radius 3 is 2.45 bits per heavy atom. The Bertz CT molecular complexity index is 627. The van der Waals surface area contributed by atoms with Gasteiger partial charge in [0.05, 0.1) is 5.69 Å². The lowest BCUT2D eigenvalue weighted by atomic mass is 10.1. The van der Waals surface area contributed by atoms with E-state index in [9.17, 15) is 4.79 Å². The van der Waals surface area contributed by atoms with Crippen molar-refractivity contribution in [3.63, 3.8) is 0 Å². The number of nitrogens with one attached hydrogen (secondary N) is 1. The maximum atomic E-state index is 11.0. The van der Waals surface area contributed by atoms with E-state index >= 15 is 0 Å². The molecule has 2 N–H and O–H groups in total. The first-order chi connectivity index (χ1) is 9.40. The van der Waals surface area contributed by atoms with Crippen molar-refractivity contribution in [3.05, 3.63) is 40.9 Å². The van der Waals surface area contributed by atoms with Crippen LogP contribution >= 0.6 is 15.9 Å². The predicted octanol–water partition coefficient (Wildman–Crippen LogP) is 3.18. The van der Waals surface area contributed by atoms with Crippen LogP contribution < -0.4 is 5.32 Å². The zero-order chi connectivity index (χ0) is 14.8. The van der Waals surface area contributed by atoms with Crippen molar-refractivity contribution in [2.24, 2.45) is 0 Å². The van der Waals surface area contributed by atoms with Crippen molar-refractivity contribution in [2.45, 2.75) is 19.4 Å². The SMILES string of the molecule is CC(C)(Nc1ccc(-c2ccccc2Br)nn1)C(=O)O. The molecule has 0 unspecified atom stereocenters. The minimum absolute atomic E-state index is 0.424. The molecule has 0 saturated carbocycles. The van der Waals surface area contributed by atoms with Gasteiger partial charge in [0.2, 0.25) is 0 Å². The van der Waals surface area contributed by atoms with E-state index in [4.69, 9.17) is 5.11 Å². The summed E-state index contributed by atoms with van der Waals surface area (Å²) < 4.78 is 0.931. The van der Waals surface area contributed by atoms with Crippen LogP contribution in [0.25, 0.3) is 11.3 Å². The van der Waals surface area contributed by atoms with Crippen LogP contribution in [0.15, 0.2) is 40.9 Å². The Morgan fingerprint density at radius 1 is 1.20 bits per heavy atom. The van der Waals surface area contributed by atoms with E-state index in [1.54, 1.807) is 26.0 Å². The first kappa shape index (κ1) is 14.5. The highest BCUT2D eigenvalue weighted by molar-refractivity contribution is 9.10. The Morgan fingerprint density at radius 2 is 1.90 bits per heavy atom. The number of benzene rings is 1. The van der Waals surface area contributed by atoms with Gasteiger partial charge < -0.3 is 10.4 Å². The molecule has 0 saturated heterocycles. The van der Waals surface area contributed by atoms with Crippen LogP contribution in [-0.2, 0) is 4.79 Å². The van der Waals surface area contributed by atoms with Gasteiger partial charge in [-0.3, -0.25) is 0 Å². The molecule has 0 fully saturated rings. The summed E-state index contributed by atoms with van der Waals surface area (Å²) in [7, 11) is 0. The molecule has 0 atom stereocenters. The molecule has 1 aromatic carbocycles. The van der Waals surface area contributed by atoms with E-state index in [2.05, 4.69) is 31.4 Å². The Hall–Kier alpha value is -1.95. The Balaban J connectivity index is 2.23. The van der Waals surface area contributed by atoms with Gasteiger partial charge >= 0.3 is 5.97 Å². The fourth-order valence-corrected chi connectivity index (χ4v) is 2.07. The summed E-state index contributed by atoms with van der Waals surface area (Å²) in [6.45, 7) is 3.14. The second kappa shape index (κ2) is 5.58. The van der Waals surface area contributed by atoms with Gasteiger partial charge in [-0.1, -0.05) is 34.1 Å². The van der Waals surface area contributed by atoms with Crippen LogP contribution in [-0.4, -0.2) is 26.8 Å². The second-order valence-electron chi connectivity index (χ2n) is 4.84. The van der Waals surface area contributed by atoms with E-state index in [-0.39, 0.29) is 0 Å². The van der Waals surface area contributed by atoms with Crippen molar-refractivity contribution in [1.82, 2.24) is 10.2 Å². The smallest absolute Gasteiger partial charge is 0.328 e. The number of aromatic nitrogens is 2. The topological polar surface area (TPSA) is 75.1 Å². The normalized spacial score (nSPS) is 11.2. The number of hydrogen-bond acceptors (Lipinski definition) is 4. The standard InChI is InChI=1S/C14H14BrN3O2/c1-14(2,13(19)20)16-12-8-7-11(17-18-12)9-5-3-4-6-10(9)15/h3-8H,1-2H3,(H,16,18)(H,19,20). The van der Waals surface area contributed by atoms with Crippen molar-refractivity contribution in [1.29, 1.82) is 0 Å². The molecular formula is C14H14BrN3O2. The number of carbonyl (C=O) groups is 1. The molecule has 5 nitrogen and oxygen atoms in total. The molecule has 1 aromatic heterocycles. The molecule has 104 valence electrons. The highest BCUT2D eigenvalue weighted by atomic mass is 79.9. The minimum atomic E-state index is -1.09. The molecule has 0 aliphatic carbocycles. The third kappa shape index (κ3) is 3.14. The summed E-state index contributed by atoms with van der Waals surface area (Å²) in [5, 5.41) is 20.0. The van der Waals surface area contributed by atoms with E-state index in [0.29, 0.717) is 5.82 Å². The third-order valence-electron chi connectivity index (χ3n) is 2.79. The second-order valence-corrected chi connectivity index (χ2v) is 5.69. The average Bonchev–Trinajstić information content (AvgIpc) is 2.40. The predicted molar refractivity (Wildman–Crippen MR) is 80.5 cm³/mol. The molecule has 0 aliphatic heterocycles. The Labute approximate surface area is 125 Å². The summed E-state index contributed by atoms with van der Waals surface area (Å²) in [4.78, 5) is 11.0. The van der Waals surface area contributed by atoms with E-state index in [0.717, 1.165) is 15.7 Å². The number of carboxylic acids is 1. The average molecular weight is 336 g/mol. The molecular weight excluding hydrogens is 322 g/mol. The first-order valence-electron chi connectivity index (χ1n) is 6.00. The van der Waals surface area contributed by atoms with Crippen molar-refractivity contribution in [3.8, 4) is 11.3 Å². The van der Waals surface area contributed by atoms with E-state index in [1.807, 2.05) is 24.3 Å². The fourth-order valence-electron chi connectivity index (χ4n) is 1.59. The molecule has 2 rings (SSSR count). The van der Waals surface area contributed by atoms with Gasteiger partial charge in [-0.2, -0.15) is 0 Å². The number of nitrogens with zero attached hydrogens (tertiary/aromatic N) is 2. The van der Waals surface area contributed by atoms with Gasteiger partial charge in [-0.15, -0.1) is 10.2 Å². The minimum Gasteiger partial charge on any atom is -0.480 e. The summed E-state index contributed by atoms with van der Waals surface area (Å²) in [6.07, 6.45) is 0. The van der Waals surface area contributed by atoms with Crippen LogP contribution in [0.4, 0.5) is 5.82 Å². The molecule has 2 aromatic rings. The van der Waals surface area contributed by atoms with Gasteiger partial charge in [0, 0.05) is 10.0 Å². The lowest BCUT2D eigenvalue weighted by molar-refractivity contribution is -0.141. The molecule has 1 heterocycles. The van der Waals surface area contributed by atoms with Crippen molar-refractivity contribution in [2.75, 3.05) is 5.32 Å². The van der Waals surface area contributed by atoms with Crippen molar-refractivity contribution >= 4 is 27.7 Å². The zero-order valence-corrected chi connectivity index (χ0v) is 12.7. The van der Waals surface area contributed by atoms with Crippen LogP contribution in [0.2, 0.25) is 0 Å². The number of rotatable bonds is 4. The third-order valence-corrected chi connectivity index (χ3v) is 3.48. The monoisotopic (exact) mass is 335 g/mol. The largest absolute Gasteiger partial charge is 0.480 e. The van der Waals surface area contributed by atoms with Gasteiger partial charge in [-0.25, -0.2) is 4.79 Å². The number of hydrogen-bond donors (Lipinski definition) is 2. The first-order valence-corrected chi connectivity index (χ1v) is 6.79. The zero-order valence-electron chi connectivity index (χ0n) is 11.1. The highest BCUT2D eigenvalue weighted by Crippen LogP contribution is 2.26. The van der Waals surface area contributed by atoms with E-state index in [1.165, 1.54) is 0 Å². The summed E-state index contributed by atoms with van der Waals surface area (Å²) in [5.74, 6) is -0.526. The Kier molecular flexibility index (Phi) is 4.04. The van der Waals surface area contributed by atoms with Gasteiger partial charge in [0.15, 0.2) is 0 Å². The van der Waals surface area contributed by atoms with Gasteiger partial charge in [-0.05, 0) is 32.0 Å². The van der Waals surface area contributed by atoms with Crippen molar-refractivity contribution < 1.29 is 9.90 Å². The summed E-state index contributed by atoms with van der Waals surface area (Å²) in [6, 6.07) is 11.2. The lowest BCUT2D eigenvalue weighted by Gasteiger charge is -2.21. The maximum absolute atomic E-state index is 11.0. The number of carboxylic acid groups (broad SMARTS) is 1. The molecule has 6 heteroatoms. The quantitative estimate of drug-likeness (QED) is 0.897. The molecule has 0 amide bonds. The van der Waals surface area contributed by atoms with Crippen LogP contribution in [0.3, 0.4) is 0 Å². The molecule has 0 radical (unpaired) electrons. The summed E-state index contributed by atoms with van der Waals surface area (Å²) in [5.41, 5.74) is 0.559. The highest BCUT2D eigenvalue weighted by Gasteiger charge is 2.27. The number of aliphatic carboxylic acids is 1. The number of anilines is 1. The number of halogens is 1. The van der Waals surface area contributed by atoms with E-state index < -0.39 is 11.5 Å². The maximum Gasteiger partial charge on any atom is 0.328 e. The molecule has 0 aliphatic rings. The fraction of sp³-hybridized carbons (Fsp3) is 0.214. The molecule has 20 heavy (non-hydrogen) atoms. The molecule has 0 spiro atoms. The summed E-state index contributed by atoms with van der Waals surface area (Å²) >= 11 is 3.46. The molecule has 0 bridgehead atoms. The van der Waals surface area contributed by atoms with Crippen LogP contribution in [0.5, 0.6) is 0 Å².